The van der Waals surface area contributed by atoms with Crippen LogP contribution in [-0.2, 0) is 85.8 Å². The minimum atomic E-state index is -2.65. The zero-order valence-electron chi connectivity index (χ0n) is 74.1. The Morgan fingerprint density at radius 2 is 0.939 bits per heavy atom. The van der Waals surface area contributed by atoms with Crippen LogP contribution in [0.25, 0.3) is 22.3 Å². The average molecular weight is 1890 g/mol. The Labute approximate surface area is 812 Å². The second-order valence-electron chi connectivity index (χ2n) is 30.4. The summed E-state index contributed by atoms with van der Waals surface area (Å²) >= 11 is 2.85. The number of hydroxylamine groups is 2. The number of carbonyl (C=O) groups is 11. The van der Waals surface area contributed by atoms with Crippen LogP contribution in [0.1, 0.15) is 145 Å². The second-order valence-corrected chi connectivity index (χ2v) is 32.9. The van der Waals surface area contributed by atoms with Gasteiger partial charge in [-0.3, -0.25) is 43.2 Å². The topological polar surface area (TPSA) is 544 Å². The summed E-state index contributed by atoms with van der Waals surface area (Å²) in [7, 11) is 0. The van der Waals surface area contributed by atoms with Crippen molar-refractivity contribution in [1.29, 1.82) is 0 Å². The number of amides is 7. The van der Waals surface area contributed by atoms with Gasteiger partial charge >= 0.3 is 65.1 Å². The van der Waals surface area contributed by atoms with Crippen molar-refractivity contribution in [3.8, 4) is 28.0 Å². The van der Waals surface area contributed by atoms with Crippen molar-refractivity contribution in [3.05, 3.63) is 150 Å². The molecule has 12 N–H and O–H groups in total. The third-order valence-corrected chi connectivity index (χ3v) is 22.8. The van der Waals surface area contributed by atoms with Crippen LogP contribution in [0.2, 0.25) is 0 Å². The second kappa shape index (κ2) is 61.4. The summed E-state index contributed by atoms with van der Waals surface area (Å²) in [6.07, 6.45) is -10.6. The first-order valence-corrected chi connectivity index (χ1v) is 45.0. The van der Waals surface area contributed by atoms with Gasteiger partial charge in [-0.25, -0.2) is 11.1 Å². The van der Waals surface area contributed by atoms with E-state index in [1.165, 1.54) is 48.6 Å². The van der Waals surface area contributed by atoms with Crippen LogP contribution in [0.5, 0.6) is 5.75 Å². The predicted octanol–water partition coefficient (Wildman–Crippen LogP) is -3.33. The number of ether oxygens (including phenoxy) is 10. The number of carboxylic acids is 1. The van der Waals surface area contributed by atoms with Crippen LogP contribution in [0, 0.1) is 0 Å². The number of aliphatic hydroxyl groups is 6. The standard InChI is InChI=1S/C90H117N6O30S2.2Na.H2O/c1-59(98)94-79-71(102)54-89(58-97,124-83(79)81(109)73(104)56-92-85(111)65-27-23-63(24-28-65)61-15-5-3-6-16-61)122-37-13-51-128-52-35-91-87(113)67-31-32-69(75(53-67)121-48-47-120-46-45-119-44-43-118-42-41-117-40-39-116-36-11-20-68(100)19-9-10-22-78(108)126-96-76(106)33-34-77(96)107)70(101)21-12-49-127-50-14-38-123-90(88(114)115)55-72(103)80(95-60(2)99)84(125-90)82(110)74(105)57-93-86(112)66-29-25-64(26-30-66)62-17-7-4-8-18-62;;;/h3-8,15-18,23-32,53,71-74,79-84,102-105,109-110H,9-14,19-22,33-52,54-57H2,1-2H3,(H,91,113)(H,92,111)(H,93,112)(H,94,98)(H,95,99)(H,114,115);;;1H2/q-1;2*+1;/p-2/t71-,72-,73+,74+,79+,80+,81+,82+,83+,84+,89+,90+;;;/m0.../s1. The fraction of sp³-hybridized carbons (Fsp3) is 0.533. The Kier molecular flexibility index (Phi) is 53.4. The number of Topliss-reactive ketones (excluding diaryl/α,β-unsaturated/α-hetero) is 2. The van der Waals surface area contributed by atoms with Gasteiger partial charge in [0.25, 0.3) is 29.5 Å². The van der Waals surface area contributed by atoms with E-state index in [1.807, 2.05) is 60.7 Å². The van der Waals surface area contributed by atoms with Gasteiger partial charge < -0.3 is 130 Å². The molecule has 3 aliphatic rings. The number of carbonyl (C=O) groups excluding carboxylic acids is 12. The third-order valence-electron chi connectivity index (χ3n) is 20.6. The van der Waals surface area contributed by atoms with E-state index in [0.717, 1.165) is 29.2 Å². The van der Waals surface area contributed by atoms with Gasteiger partial charge in [0.1, 0.15) is 48.5 Å². The normalized spacial score (nSPS) is 19.6. The number of ketones is 2. The molecule has 131 heavy (non-hydrogen) atoms. The van der Waals surface area contributed by atoms with Crippen molar-refractivity contribution in [3.63, 3.8) is 0 Å². The molecule has 3 heterocycles. The van der Waals surface area contributed by atoms with Crippen molar-refractivity contribution in [2.45, 2.75) is 176 Å². The molecular formula is C90H117N6Na2O31S2-. The van der Waals surface area contributed by atoms with Gasteiger partial charge in [0.15, 0.2) is 5.78 Å². The van der Waals surface area contributed by atoms with Crippen molar-refractivity contribution >= 4 is 94.7 Å². The molecule has 5 aromatic carbocycles. The molecule has 37 nitrogen and oxygen atoms in total. The van der Waals surface area contributed by atoms with Crippen LogP contribution in [0.3, 0.4) is 0 Å². The maximum absolute atomic E-state index is 14.0. The van der Waals surface area contributed by atoms with Crippen molar-refractivity contribution in [2.24, 2.45) is 0 Å². The maximum atomic E-state index is 14.0. The minimum absolute atomic E-state index is 0. The molecule has 41 heteroatoms. The molecule has 0 radical (unpaired) electrons. The van der Waals surface area contributed by atoms with E-state index in [4.69, 9.17) is 52.2 Å². The number of imide groups is 1. The van der Waals surface area contributed by atoms with E-state index < -0.39 is 152 Å². The predicted molar refractivity (Wildman–Crippen MR) is 464 cm³/mol. The quantitative estimate of drug-likeness (QED) is 0.00596. The van der Waals surface area contributed by atoms with E-state index >= 15 is 0 Å². The van der Waals surface area contributed by atoms with E-state index in [9.17, 15) is 93.3 Å². The first kappa shape index (κ1) is 114. The van der Waals surface area contributed by atoms with E-state index in [2.05, 4.69) is 26.6 Å². The van der Waals surface area contributed by atoms with E-state index in [0.29, 0.717) is 99.6 Å². The first-order chi connectivity index (χ1) is 61.7. The van der Waals surface area contributed by atoms with Crippen molar-refractivity contribution < 1.29 is 210 Å². The number of unbranched alkanes of at least 4 members (excludes halogenated alkanes) is 1. The number of hydrogen-bond acceptors (Lipinski definition) is 33. The Hall–Kier alpha value is -7.60. The molecule has 12 atom stereocenters. The molecule has 3 aliphatic heterocycles. The molecule has 0 aromatic heterocycles. The molecule has 5 aromatic rings. The van der Waals surface area contributed by atoms with Gasteiger partial charge in [0.2, 0.25) is 17.6 Å². The van der Waals surface area contributed by atoms with Gasteiger partial charge in [-0.15, -0.1) is 5.06 Å². The fourth-order valence-electron chi connectivity index (χ4n) is 13.9. The molecule has 0 saturated carbocycles. The summed E-state index contributed by atoms with van der Waals surface area (Å²) in [5.74, 6) is -9.93. The summed E-state index contributed by atoms with van der Waals surface area (Å²) in [6, 6.07) is 34.0. The Morgan fingerprint density at radius 1 is 0.504 bits per heavy atom. The SMILES string of the molecule is CC(=O)N[C@H]1[C@H]([C@H](O)[C@H](O)CNC(=O)c2ccc(-c3ccccc3)cc2)O[C@]([C-]=O)(OCCCSCCNC(=O)c2ccc(C(=O)CCCSCCCO[C@]3(C(=O)[O-])C[C@H](O)[C@@H](NC(C)=O)[C@H]([C@H](O)[C@H](O)CNC(=O)c4ccc(-c5ccccc5)cc4)O3)c(OCCOCCOCCOCCOCCOCCCC(=O)CCCCC(=O)ON3C(=O)CCC3=O)c2)C[C@@H]1O.[Na+].[Na+].[OH-]. The number of nitrogens with one attached hydrogen (secondary N) is 5. The zero-order chi connectivity index (χ0) is 92.2. The van der Waals surface area contributed by atoms with Crippen LogP contribution < -0.4 is 95.5 Å². The molecule has 8 rings (SSSR count). The number of aliphatic hydroxyl groups excluding tert-OH is 6. The maximum Gasteiger partial charge on any atom is 1.00 e. The minimum Gasteiger partial charge on any atom is -0.870 e. The average Bonchev–Trinajstić information content (AvgIpc) is 1.21. The summed E-state index contributed by atoms with van der Waals surface area (Å²) in [5, 5.41) is 94.0. The van der Waals surface area contributed by atoms with Gasteiger partial charge in [-0.05, 0) is 121 Å². The number of thioether (sulfide) groups is 2. The Morgan fingerprint density at radius 3 is 1.44 bits per heavy atom. The molecular weight excluding hydrogens is 1770 g/mol. The van der Waals surface area contributed by atoms with Gasteiger partial charge in [0.05, 0.1) is 114 Å². The Bertz CT molecular complexity index is 4350. The zero-order valence-corrected chi connectivity index (χ0v) is 79.8. The number of benzene rings is 5. The number of nitrogens with zero attached hydrogens (tertiary/aromatic N) is 1. The third kappa shape index (κ3) is 38.6. The van der Waals surface area contributed by atoms with Crippen LogP contribution in [0.15, 0.2) is 127 Å². The molecule has 3 saturated heterocycles. The van der Waals surface area contributed by atoms with Crippen LogP contribution >= 0.6 is 23.5 Å². The van der Waals surface area contributed by atoms with E-state index in [1.54, 1.807) is 54.8 Å². The summed E-state index contributed by atoms with van der Waals surface area (Å²) in [6.45, 7) is 3.73. The monoisotopic (exact) mass is 1890 g/mol. The molecule has 0 unspecified atom stereocenters. The fourth-order valence-corrected chi connectivity index (χ4v) is 15.5. The summed E-state index contributed by atoms with van der Waals surface area (Å²) < 4.78 is 57.6. The van der Waals surface area contributed by atoms with E-state index in [-0.39, 0.29) is 202 Å². The number of aliphatic carboxylic acids is 1. The Balaban J connectivity index is 0.0000101. The van der Waals surface area contributed by atoms with Crippen LogP contribution in [-0.4, -0.2) is 313 Å². The largest absolute Gasteiger partial charge is 1.00 e. The molecule has 0 spiro atoms. The molecule has 0 bridgehead atoms. The molecule has 708 valence electrons. The molecule has 3 fully saturated rings. The smallest absolute Gasteiger partial charge is 0.870 e. The summed E-state index contributed by atoms with van der Waals surface area (Å²) in [4.78, 5) is 156. The van der Waals surface area contributed by atoms with Gasteiger partial charge in [-0.1, -0.05) is 84.9 Å². The van der Waals surface area contributed by atoms with Crippen molar-refractivity contribution in [1.82, 2.24) is 31.6 Å². The molecule has 0 aliphatic carbocycles. The number of hydrogen-bond donors (Lipinski definition) is 11. The summed E-state index contributed by atoms with van der Waals surface area (Å²) in [5.41, 5.74) is 4.49. The van der Waals surface area contributed by atoms with Crippen LogP contribution in [0.4, 0.5) is 0 Å². The molecule has 7 amide bonds. The number of rotatable bonds is 61. The van der Waals surface area contributed by atoms with Gasteiger partial charge in [-0.2, -0.15) is 23.5 Å². The van der Waals surface area contributed by atoms with Crippen molar-refractivity contribution in [2.75, 3.05) is 129 Å². The first-order valence-electron chi connectivity index (χ1n) is 42.7. The number of carboxylic acid groups (broad SMARTS) is 1. The van der Waals surface area contributed by atoms with Gasteiger partial charge in [0, 0.05) is 121 Å².